The summed E-state index contributed by atoms with van der Waals surface area (Å²) in [5, 5.41) is 31.6. The van der Waals surface area contributed by atoms with Crippen molar-refractivity contribution in [2.24, 2.45) is 5.16 Å². The van der Waals surface area contributed by atoms with Crippen molar-refractivity contribution in [2.45, 2.75) is 12.1 Å². The monoisotopic (exact) mass is 307 g/mol. The first kappa shape index (κ1) is 14.9. The lowest BCUT2D eigenvalue weighted by Gasteiger charge is -2.07. The predicted octanol–water partition coefficient (Wildman–Crippen LogP) is 1.46. The van der Waals surface area contributed by atoms with E-state index in [-0.39, 0.29) is 34.1 Å². The Bertz CT molecular complexity index is 742. The third kappa shape index (κ3) is 3.76. The van der Waals surface area contributed by atoms with Crippen molar-refractivity contribution < 1.29 is 15.4 Å². The highest BCUT2D eigenvalue weighted by Crippen LogP contribution is 2.25. The normalized spacial score (nSPS) is 11.6. The summed E-state index contributed by atoms with van der Waals surface area (Å²) in [6.07, 6.45) is 0. The molecule has 0 aliphatic heterocycles. The summed E-state index contributed by atoms with van der Waals surface area (Å²) in [6.45, 7) is 1.70. The smallest absolute Gasteiger partial charge is 0.251 e. The molecule has 1 aromatic heterocycles. The van der Waals surface area contributed by atoms with Gasteiger partial charge in [-0.1, -0.05) is 16.9 Å². The molecular formula is C13H13N3O4S. The third-order valence-corrected chi connectivity index (χ3v) is 3.49. The number of nitrogens with one attached hydrogen (secondary N) is 1. The quantitative estimate of drug-likeness (QED) is 0.223. The summed E-state index contributed by atoms with van der Waals surface area (Å²) in [5.41, 5.74) is 0.802. The summed E-state index contributed by atoms with van der Waals surface area (Å²) < 4.78 is 0. The van der Waals surface area contributed by atoms with Crippen molar-refractivity contribution in [3.05, 3.63) is 45.9 Å². The molecule has 7 nitrogen and oxygen atoms in total. The van der Waals surface area contributed by atoms with Crippen molar-refractivity contribution in [1.29, 1.82) is 0 Å². The molecule has 0 saturated carbocycles. The molecule has 0 spiro atoms. The van der Waals surface area contributed by atoms with E-state index in [9.17, 15) is 15.0 Å². The van der Waals surface area contributed by atoms with Crippen LogP contribution in [0.4, 0.5) is 0 Å². The lowest BCUT2D eigenvalue weighted by Crippen LogP contribution is -2.10. The largest absolute Gasteiger partial charge is 0.508 e. The molecule has 0 aliphatic carbocycles. The van der Waals surface area contributed by atoms with Gasteiger partial charge in [0.05, 0.1) is 0 Å². The number of oxime groups is 1. The first-order valence-electron chi connectivity index (χ1n) is 5.93. The first-order valence-corrected chi connectivity index (χ1v) is 6.92. The molecule has 0 atom stereocenters. The average molecular weight is 307 g/mol. The van der Waals surface area contributed by atoms with E-state index in [1.165, 1.54) is 18.2 Å². The number of thioether (sulfide) groups is 1. The van der Waals surface area contributed by atoms with E-state index in [0.717, 1.165) is 17.8 Å². The SMILES string of the molecule is Cc1cc(=O)[nH]c(SCC(=NO)c2ccc(O)cc2O)n1. The zero-order chi connectivity index (χ0) is 15.4. The number of benzene rings is 1. The molecule has 1 aromatic carbocycles. The van der Waals surface area contributed by atoms with Gasteiger partial charge in [-0.3, -0.25) is 4.79 Å². The maximum atomic E-state index is 11.3. The second-order valence-corrected chi connectivity index (χ2v) is 5.19. The fourth-order valence-electron chi connectivity index (χ4n) is 1.68. The van der Waals surface area contributed by atoms with Gasteiger partial charge in [0.1, 0.15) is 17.2 Å². The minimum atomic E-state index is -0.264. The molecule has 1 heterocycles. The summed E-state index contributed by atoms with van der Waals surface area (Å²) in [6, 6.07) is 5.33. The van der Waals surface area contributed by atoms with Crippen LogP contribution in [0.2, 0.25) is 0 Å². The summed E-state index contributed by atoms with van der Waals surface area (Å²) >= 11 is 1.16. The van der Waals surface area contributed by atoms with Crippen molar-refractivity contribution in [3.63, 3.8) is 0 Å². The van der Waals surface area contributed by atoms with Gasteiger partial charge in [-0.05, 0) is 19.1 Å². The molecule has 21 heavy (non-hydrogen) atoms. The van der Waals surface area contributed by atoms with Gasteiger partial charge in [0, 0.05) is 29.1 Å². The Morgan fingerprint density at radius 2 is 2.14 bits per heavy atom. The minimum Gasteiger partial charge on any atom is -0.508 e. The summed E-state index contributed by atoms with van der Waals surface area (Å²) in [5.74, 6) is -0.110. The molecule has 4 N–H and O–H groups in total. The number of phenolic OH excluding ortho intramolecular Hbond substituents is 2. The Labute approximate surface area is 124 Å². The van der Waals surface area contributed by atoms with Crippen LogP contribution in [0, 0.1) is 6.92 Å². The van der Waals surface area contributed by atoms with E-state index >= 15 is 0 Å². The number of aromatic hydroxyl groups is 2. The van der Waals surface area contributed by atoms with E-state index in [1.807, 2.05) is 0 Å². The lowest BCUT2D eigenvalue weighted by atomic mass is 10.1. The molecule has 2 aromatic rings. The van der Waals surface area contributed by atoms with Gasteiger partial charge >= 0.3 is 0 Å². The number of aromatic amines is 1. The standard InChI is InChI=1S/C13H13N3O4S/c1-7-4-12(19)15-13(14-7)21-6-10(16-20)9-3-2-8(17)5-11(9)18/h2-5,17-18,20H,6H2,1H3,(H,14,15,19). The highest BCUT2D eigenvalue weighted by atomic mass is 32.2. The molecule has 0 saturated heterocycles. The number of hydrogen-bond acceptors (Lipinski definition) is 7. The fraction of sp³-hybridized carbons (Fsp3) is 0.154. The predicted molar refractivity (Wildman–Crippen MR) is 78.4 cm³/mol. The maximum absolute atomic E-state index is 11.3. The zero-order valence-corrected chi connectivity index (χ0v) is 11.9. The number of H-pyrrole nitrogens is 1. The van der Waals surface area contributed by atoms with Gasteiger partial charge < -0.3 is 20.4 Å². The molecule has 0 bridgehead atoms. The Hall–Kier alpha value is -2.48. The van der Waals surface area contributed by atoms with E-state index in [0.29, 0.717) is 10.9 Å². The average Bonchev–Trinajstić information content (AvgIpc) is 2.40. The molecule has 110 valence electrons. The number of phenols is 2. The van der Waals surface area contributed by atoms with Crippen LogP contribution >= 0.6 is 11.8 Å². The molecule has 0 amide bonds. The Morgan fingerprint density at radius 3 is 2.76 bits per heavy atom. The van der Waals surface area contributed by atoms with Crippen LogP contribution in [0.15, 0.2) is 39.4 Å². The molecule has 2 rings (SSSR count). The first-order chi connectivity index (χ1) is 9.99. The fourth-order valence-corrected chi connectivity index (χ4v) is 2.55. The van der Waals surface area contributed by atoms with Gasteiger partial charge in [0.15, 0.2) is 5.16 Å². The van der Waals surface area contributed by atoms with Gasteiger partial charge in [0.2, 0.25) is 0 Å². The Kier molecular flexibility index (Phi) is 4.49. The lowest BCUT2D eigenvalue weighted by molar-refractivity contribution is 0.319. The molecule has 0 unspecified atom stereocenters. The molecule has 8 heteroatoms. The Morgan fingerprint density at radius 1 is 1.38 bits per heavy atom. The number of nitrogens with zero attached hydrogens (tertiary/aromatic N) is 2. The maximum Gasteiger partial charge on any atom is 0.251 e. The number of hydrogen-bond donors (Lipinski definition) is 4. The summed E-state index contributed by atoms with van der Waals surface area (Å²) in [7, 11) is 0. The van der Waals surface area contributed by atoms with Crippen LogP contribution in [0.3, 0.4) is 0 Å². The third-order valence-electron chi connectivity index (χ3n) is 2.61. The van der Waals surface area contributed by atoms with Gasteiger partial charge in [-0.25, -0.2) is 4.98 Å². The molecule has 0 radical (unpaired) electrons. The molecular weight excluding hydrogens is 294 g/mol. The van der Waals surface area contributed by atoms with Gasteiger partial charge in [-0.2, -0.15) is 0 Å². The van der Waals surface area contributed by atoms with Gasteiger partial charge in [-0.15, -0.1) is 0 Å². The van der Waals surface area contributed by atoms with E-state index in [1.54, 1.807) is 6.92 Å². The van der Waals surface area contributed by atoms with Crippen molar-refractivity contribution in [2.75, 3.05) is 5.75 Å². The van der Waals surface area contributed by atoms with Crippen LogP contribution in [-0.2, 0) is 0 Å². The Balaban J connectivity index is 2.18. The van der Waals surface area contributed by atoms with Crippen molar-refractivity contribution >= 4 is 17.5 Å². The minimum absolute atomic E-state index is 0.0918. The number of rotatable bonds is 4. The highest BCUT2D eigenvalue weighted by Gasteiger charge is 2.12. The summed E-state index contributed by atoms with van der Waals surface area (Å²) in [4.78, 5) is 18.0. The van der Waals surface area contributed by atoms with E-state index in [4.69, 9.17) is 5.21 Å². The van der Waals surface area contributed by atoms with Gasteiger partial charge in [0.25, 0.3) is 5.56 Å². The van der Waals surface area contributed by atoms with Crippen LogP contribution in [-0.4, -0.2) is 36.9 Å². The number of aromatic nitrogens is 2. The molecule has 0 fully saturated rings. The topological polar surface area (TPSA) is 119 Å². The molecule has 0 aliphatic rings. The van der Waals surface area contributed by atoms with E-state index < -0.39 is 0 Å². The highest BCUT2D eigenvalue weighted by molar-refractivity contribution is 7.99. The number of aryl methyl sites for hydroxylation is 1. The second kappa shape index (κ2) is 6.31. The van der Waals surface area contributed by atoms with Crippen molar-refractivity contribution in [1.82, 2.24) is 9.97 Å². The van der Waals surface area contributed by atoms with Crippen LogP contribution in [0.1, 0.15) is 11.3 Å². The van der Waals surface area contributed by atoms with Crippen molar-refractivity contribution in [3.8, 4) is 11.5 Å². The van der Waals surface area contributed by atoms with Crippen LogP contribution < -0.4 is 5.56 Å². The van der Waals surface area contributed by atoms with Crippen LogP contribution in [0.25, 0.3) is 0 Å². The second-order valence-electron chi connectivity index (χ2n) is 4.23. The zero-order valence-electron chi connectivity index (χ0n) is 11.1. The van der Waals surface area contributed by atoms with Crippen LogP contribution in [0.5, 0.6) is 11.5 Å². The van der Waals surface area contributed by atoms with E-state index in [2.05, 4.69) is 15.1 Å².